The minimum absolute atomic E-state index is 0.164. The second-order valence-electron chi connectivity index (χ2n) is 3.94. The van der Waals surface area contributed by atoms with Gasteiger partial charge in [0.25, 0.3) is 0 Å². The van der Waals surface area contributed by atoms with Crippen LogP contribution in [0.5, 0.6) is 0 Å². The SMILES string of the molecule is O=C(NCc1nc2cnccc2s1)C1CC1. The van der Waals surface area contributed by atoms with Crippen molar-refractivity contribution in [2.75, 3.05) is 0 Å². The molecule has 1 fully saturated rings. The summed E-state index contributed by atoms with van der Waals surface area (Å²) in [6.45, 7) is 0.536. The van der Waals surface area contributed by atoms with Gasteiger partial charge in [-0.25, -0.2) is 4.98 Å². The van der Waals surface area contributed by atoms with Crippen LogP contribution in [0.1, 0.15) is 17.8 Å². The van der Waals surface area contributed by atoms with Gasteiger partial charge in [-0.15, -0.1) is 11.3 Å². The Morgan fingerprint density at radius 3 is 3.19 bits per heavy atom. The Kier molecular flexibility index (Phi) is 2.32. The van der Waals surface area contributed by atoms with E-state index in [9.17, 15) is 4.79 Å². The van der Waals surface area contributed by atoms with Gasteiger partial charge < -0.3 is 5.32 Å². The van der Waals surface area contributed by atoms with Crippen LogP contribution in [0, 0.1) is 5.92 Å². The van der Waals surface area contributed by atoms with E-state index in [0.717, 1.165) is 28.1 Å². The van der Waals surface area contributed by atoms with Gasteiger partial charge >= 0.3 is 0 Å². The molecule has 0 aromatic carbocycles. The average Bonchev–Trinajstić information content (AvgIpc) is 3.06. The van der Waals surface area contributed by atoms with Crippen molar-refractivity contribution in [2.45, 2.75) is 19.4 Å². The van der Waals surface area contributed by atoms with E-state index in [1.54, 1.807) is 23.7 Å². The summed E-state index contributed by atoms with van der Waals surface area (Å²) in [7, 11) is 0. The molecule has 2 aromatic heterocycles. The summed E-state index contributed by atoms with van der Waals surface area (Å²) in [5, 5.41) is 3.85. The van der Waals surface area contributed by atoms with E-state index in [2.05, 4.69) is 15.3 Å². The Labute approximate surface area is 96.7 Å². The number of carbonyl (C=O) groups excluding carboxylic acids is 1. The van der Waals surface area contributed by atoms with E-state index >= 15 is 0 Å². The van der Waals surface area contributed by atoms with Crippen LogP contribution >= 0.6 is 11.3 Å². The highest BCUT2D eigenvalue weighted by Crippen LogP contribution is 2.29. The zero-order valence-corrected chi connectivity index (χ0v) is 9.46. The van der Waals surface area contributed by atoms with Gasteiger partial charge in [0.1, 0.15) is 5.01 Å². The fourth-order valence-electron chi connectivity index (χ4n) is 1.56. The van der Waals surface area contributed by atoms with E-state index in [0.29, 0.717) is 6.54 Å². The lowest BCUT2D eigenvalue weighted by atomic mass is 10.4. The molecule has 0 radical (unpaired) electrons. The maximum Gasteiger partial charge on any atom is 0.223 e. The first-order chi connectivity index (χ1) is 7.83. The predicted molar refractivity (Wildman–Crippen MR) is 62.0 cm³/mol. The molecule has 0 unspecified atom stereocenters. The highest BCUT2D eigenvalue weighted by atomic mass is 32.1. The Balaban J connectivity index is 1.71. The van der Waals surface area contributed by atoms with Crippen molar-refractivity contribution >= 4 is 27.5 Å². The first-order valence-electron chi connectivity index (χ1n) is 5.30. The maximum absolute atomic E-state index is 11.4. The highest BCUT2D eigenvalue weighted by molar-refractivity contribution is 7.18. The van der Waals surface area contributed by atoms with Crippen LogP contribution in [0.15, 0.2) is 18.5 Å². The standard InChI is InChI=1S/C11H11N3OS/c15-11(7-1-2-7)13-6-10-14-8-5-12-4-3-9(8)16-10/h3-5,7H,1-2,6H2,(H,13,15). The number of rotatable bonds is 3. The van der Waals surface area contributed by atoms with Gasteiger partial charge in [0, 0.05) is 12.1 Å². The molecule has 4 nitrogen and oxygen atoms in total. The smallest absolute Gasteiger partial charge is 0.223 e. The van der Waals surface area contributed by atoms with Gasteiger partial charge in [-0.1, -0.05) is 0 Å². The third-order valence-electron chi connectivity index (χ3n) is 2.60. The maximum atomic E-state index is 11.4. The summed E-state index contributed by atoms with van der Waals surface area (Å²) < 4.78 is 1.12. The Bertz CT molecular complexity index is 500. The fraction of sp³-hybridized carbons (Fsp3) is 0.364. The molecular weight excluding hydrogens is 222 g/mol. The van der Waals surface area contributed by atoms with Crippen LogP contribution in [0.2, 0.25) is 0 Å². The zero-order chi connectivity index (χ0) is 11.0. The van der Waals surface area contributed by atoms with Crippen molar-refractivity contribution in [3.8, 4) is 0 Å². The normalized spacial score (nSPS) is 15.2. The van der Waals surface area contributed by atoms with Crippen molar-refractivity contribution < 1.29 is 4.79 Å². The van der Waals surface area contributed by atoms with Crippen molar-refractivity contribution in [1.29, 1.82) is 0 Å². The van der Waals surface area contributed by atoms with Crippen LogP contribution in [0.25, 0.3) is 10.2 Å². The number of nitrogens with one attached hydrogen (secondary N) is 1. The van der Waals surface area contributed by atoms with Crippen molar-refractivity contribution in [3.63, 3.8) is 0 Å². The summed E-state index contributed by atoms with van der Waals surface area (Å²) in [4.78, 5) is 19.9. The van der Waals surface area contributed by atoms with Crippen molar-refractivity contribution in [3.05, 3.63) is 23.5 Å². The second-order valence-corrected chi connectivity index (χ2v) is 5.06. The van der Waals surface area contributed by atoms with Crippen LogP contribution in [0.4, 0.5) is 0 Å². The fourth-order valence-corrected chi connectivity index (χ4v) is 2.43. The number of hydrogen-bond donors (Lipinski definition) is 1. The van der Waals surface area contributed by atoms with Crippen molar-refractivity contribution in [1.82, 2.24) is 15.3 Å². The van der Waals surface area contributed by atoms with E-state index in [-0.39, 0.29) is 11.8 Å². The second kappa shape index (κ2) is 3.83. The summed E-state index contributed by atoms with van der Waals surface area (Å²) in [6, 6.07) is 1.94. The van der Waals surface area contributed by atoms with Gasteiger partial charge in [0.05, 0.1) is 23.0 Å². The van der Waals surface area contributed by atoms with Crippen LogP contribution < -0.4 is 5.32 Å². The molecule has 5 heteroatoms. The zero-order valence-electron chi connectivity index (χ0n) is 8.64. The first-order valence-corrected chi connectivity index (χ1v) is 6.12. The molecule has 0 spiro atoms. The number of nitrogens with zero attached hydrogens (tertiary/aromatic N) is 2. The van der Waals surface area contributed by atoms with Gasteiger partial charge in [-0.05, 0) is 18.9 Å². The minimum Gasteiger partial charge on any atom is -0.349 e. The first kappa shape index (κ1) is 9.72. The molecule has 0 aliphatic heterocycles. The number of aromatic nitrogens is 2. The molecule has 1 aliphatic rings. The lowest BCUT2D eigenvalue weighted by Crippen LogP contribution is -2.23. The number of fused-ring (bicyclic) bond motifs is 1. The lowest BCUT2D eigenvalue weighted by molar-refractivity contribution is -0.122. The topological polar surface area (TPSA) is 54.9 Å². The van der Waals surface area contributed by atoms with Gasteiger partial charge in [0.2, 0.25) is 5.91 Å². The number of pyridine rings is 1. The molecule has 1 amide bonds. The molecule has 0 atom stereocenters. The van der Waals surface area contributed by atoms with Crippen LogP contribution in [-0.4, -0.2) is 15.9 Å². The Hall–Kier alpha value is -1.49. The van der Waals surface area contributed by atoms with E-state index in [1.807, 2.05) is 6.07 Å². The molecule has 2 aromatic rings. The molecule has 16 heavy (non-hydrogen) atoms. The number of carbonyl (C=O) groups is 1. The molecule has 0 saturated heterocycles. The molecule has 1 aliphatic carbocycles. The molecule has 3 rings (SSSR count). The van der Waals surface area contributed by atoms with Crippen LogP contribution in [0.3, 0.4) is 0 Å². The highest BCUT2D eigenvalue weighted by Gasteiger charge is 2.29. The molecule has 2 heterocycles. The lowest BCUT2D eigenvalue weighted by Gasteiger charge is -1.99. The number of thiazole rings is 1. The van der Waals surface area contributed by atoms with E-state index < -0.39 is 0 Å². The molecular formula is C11H11N3OS. The third kappa shape index (κ3) is 1.90. The van der Waals surface area contributed by atoms with Gasteiger partial charge in [-0.3, -0.25) is 9.78 Å². The molecule has 1 saturated carbocycles. The largest absolute Gasteiger partial charge is 0.349 e. The number of hydrogen-bond acceptors (Lipinski definition) is 4. The molecule has 1 N–H and O–H groups in total. The average molecular weight is 233 g/mol. The monoisotopic (exact) mass is 233 g/mol. The minimum atomic E-state index is 0.164. The summed E-state index contributed by atoms with van der Waals surface area (Å²) in [6.07, 6.45) is 5.58. The Morgan fingerprint density at radius 2 is 2.44 bits per heavy atom. The quantitative estimate of drug-likeness (QED) is 0.878. The summed E-state index contributed by atoms with van der Waals surface area (Å²) >= 11 is 1.61. The van der Waals surface area contributed by atoms with Gasteiger partial charge in [0.15, 0.2) is 0 Å². The predicted octanol–water partition coefficient (Wildman–Crippen LogP) is 1.72. The summed E-state index contributed by atoms with van der Waals surface area (Å²) in [5.74, 6) is 0.424. The van der Waals surface area contributed by atoms with Gasteiger partial charge in [-0.2, -0.15) is 0 Å². The van der Waals surface area contributed by atoms with Crippen molar-refractivity contribution in [2.24, 2.45) is 5.92 Å². The van der Waals surface area contributed by atoms with E-state index in [4.69, 9.17) is 0 Å². The third-order valence-corrected chi connectivity index (χ3v) is 3.63. The van der Waals surface area contributed by atoms with E-state index in [1.165, 1.54) is 0 Å². The Morgan fingerprint density at radius 1 is 1.56 bits per heavy atom. The molecule has 0 bridgehead atoms. The summed E-state index contributed by atoms with van der Waals surface area (Å²) in [5.41, 5.74) is 0.906. The molecule has 82 valence electrons. The number of amides is 1. The van der Waals surface area contributed by atoms with Crippen LogP contribution in [-0.2, 0) is 11.3 Å².